The molecule has 0 atom stereocenters. The van der Waals surface area contributed by atoms with Crippen LogP contribution in [0, 0.1) is 12.1 Å². The first-order valence-electron chi connectivity index (χ1n) is 19.2. The summed E-state index contributed by atoms with van der Waals surface area (Å²) >= 11 is 1.47. The summed E-state index contributed by atoms with van der Waals surface area (Å²) in [5.41, 5.74) is 14.1. The molecule has 0 saturated carbocycles. The fraction of sp³-hybridized carbons (Fsp3) is 0.226. The normalized spacial score (nSPS) is 12.3. The van der Waals surface area contributed by atoms with Crippen molar-refractivity contribution in [2.75, 3.05) is 0 Å². The Morgan fingerprint density at radius 1 is 0.554 bits per heavy atom. The Balaban J connectivity index is 0.000000220. The topological polar surface area (TPSA) is 0 Å². The molecule has 0 spiro atoms. The molecule has 56 heavy (non-hydrogen) atoms. The fourth-order valence-electron chi connectivity index (χ4n) is 7.22. The molecule has 0 radical (unpaired) electrons. The van der Waals surface area contributed by atoms with Crippen molar-refractivity contribution < 1.29 is 49.0 Å². The summed E-state index contributed by atoms with van der Waals surface area (Å²) in [6.07, 6.45) is 11.0. The predicted molar refractivity (Wildman–Crippen MR) is 227 cm³/mol. The standard InChI is InChI=1S/C27H22.C21H25.C5H5.2ClH.Zr/c1-5-13-22(14-6-1)26(23-15-7-2-8-16-23)21-27(24-17-9-3-10-18-24)25-19-11-4-12-20-25;1-20(2,3)16-7-9-18-14(12-16)11-15-13-17(21(4,5)6)8-10-19(15)18;1-2-4-5-3-1;;;/h1-20,26-27H;7-10,12H,11H2,1-6H3;1-3H,4H2;2*1H;/q;2*-1;;;+2/p-2. The Morgan fingerprint density at radius 2 is 1.00 bits per heavy atom. The Bertz CT molecular complexity index is 1950. The van der Waals surface area contributed by atoms with E-state index in [0.29, 0.717) is 0 Å². The third kappa shape index (κ3) is 11.4. The first-order valence-corrected chi connectivity index (χ1v) is 20.4. The summed E-state index contributed by atoms with van der Waals surface area (Å²) in [4.78, 5) is 0. The molecule has 284 valence electrons. The van der Waals surface area contributed by atoms with Gasteiger partial charge in [0, 0.05) is 0 Å². The summed E-state index contributed by atoms with van der Waals surface area (Å²) in [7, 11) is 0. The zero-order valence-corrected chi connectivity index (χ0v) is 37.5. The van der Waals surface area contributed by atoms with E-state index >= 15 is 0 Å². The summed E-state index contributed by atoms with van der Waals surface area (Å²) in [5.74, 6) is 0.567. The molecule has 6 aromatic rings. The van der Waals surface area contributed by atoms with Crippen molar-refractivity contribution in [3.8, 4) is 11.1 Å². The second kappa shape index (κ2) is 20.5. The van der Waals surface area contributed by atoms with Gasteiger partial charge in [0.2, 0.25) is 0 Å². The average molecular weight is 851 g/mol. The van der Waals surface area contributed by atoms with Gasteiger partial charge in [0.1, 0.15) is 0 Å². The number of rotatable bonds is 6. The molecule has 0 saturated heterocycles. The van der Waals surface area contributed by atoms with Crippen molar-refractivity contribution in [2.24, 2.45) is 0 Å². The van der Waals surface area contributed by atoms with E-state index in [1.807, 2.05) is 12.2 Å². The molecule has 0 fully saturated rings. The molecule has 0 bridgehead atoms. The molecular weight excluding hydrogens is 799 g/mol. The molecular formula is C53H52Cl2Zr-2. The second-order valence-electron chi connectivity index (χ2n) is 16.3. The first kappa shape index (κ1) is 44.8. The molecule has 0 heterocycles. The minimum atomic E-state index is 0. The van der Waals surface area contributed by atoms with E-state index in [1.54, 1.807) is 0 Å². The number of fused-ring (bicyclic) bond motifs is 3. The Kier molecular flexibility index (Phi) is 16.4. The van der Waals surface area contributed by atoms with Gasteiger partial charge in [0.15, 0.2) is 0 Å². The van der Waals surface area contributed by atoms with Gasteiger partial charge in [0.25, 0.3) is 0 Å². The maximum absolute atomic E-state index is 3.67. The molecule has 2 aliphatic rings. The van der Waals surface area contributed by atoms with Gasteiger partial charge in [-0.2, -0.15) is 29.8 Å². The van der Waals surface area contributed by atoms with E-state index < -0.39 is 0 Å². The molecule has 2 aliphatic carbocycles. The molecule has 0 N–H and O–H groups in total. The Hall–Kier alpha value is -3.87. The van der Waals surface area contributed by atoms with Crippen LogP contribution in [0.25, 0.3) is 11.1 Å². The van der Waals surface area contributed by atoms with Crippen molar-refractivity contribution in [1.29, 1.82) is 0 Å². The van der Waals surface area contributed by atoms with Crippen molar-refractivity contribution in [2.45, 2.75) is 77.0 Å². The van der Waals surface area contributed by atoms with Crippen LogP contribution in [0.1, 0.15) is 104 Å². The van der Waals surface area contributed by atoms with Gasteiger partial charge in [-0.1, -0.05) is 65.3 Å². The zero-order valence-electron chi connectivity index (χ0n) is 33.5. The summed E-state index contributed by atoms with van der Waals surface area (Å²) in [5, 5.41) is 0. The summed E-state index contributed by atoms with van der Waals surface area (Å²) in [6, 6.07) is 58.8. The van der Waals surface area contributed by atoms with Crippen molar-refractivity contribution >= 4 is 3.21 Å². The second-order valence-corrected chi connectivity index (χ2v) is 17.7. The molecule has 0 nitrogen and oxygen atoms in total. The Labute approximate surface area is 364 Å². The van der Waals surface area contributed by atoms with Crippen molar-refractivity contribution in [1.82, 2.24) is 0 Å². The quantitative estimate of drug-likeness (QED) is 0.154. The number of hydrogen-bond acceptors (Lipinski definition) is 0. The number of halogens is 2. The van der Waals surface area contributed by atoms with Gasteiger partial charge in [0.05, 0.1) is 0 Å². The molecule has 0 amide bonds. The van der Waals surface area contributed by atoms with Crippen LogP contribution in [-0.2, 0) is 41.5 Å². The first-order chi connectivity index (χ1) is 26.0. The van der Waals surface area contributed by atoms with Crippen LogP contribution in [0.5, 0.6) is 0 Å². The summed E-state index contributed by atoms with van der Waals surface area (Å²) < 4.78 is 1.53. The predicted octanol–water partition coefficient (Wildman–Crippen LogP) is 7.34. The van der Waals surface area contributed by atoms with Gasteiger partial charge in [-0.05, 0) is 28.4 Å². The zero-order chi connectivity index (χ0) is 38.1. The van der Waals surface area contributed by atoms with E-state index in [9.17, 15) is 0 Å². The summed E-state index contributed by atoms with van der Waals surface area (Å²) in [6.45, 7) is 13.6. The molecule has 8 rings (SSSR count). The van der Waals surface area contributed by atoms with Crippen molar-refractivity contribution in [3.05, 3.63) is 227 Å². The molecule has 0 unspecified atom stereocenters. The third-order valence-corrected chi connectivity index (χ3v) is 11.6. The van der Waals surface area contributed by atoms with Crippen LogP contribution < -0.4 is 24.8 Å². The van der Waals surface area contributed by atoms with Crippen molar-refractivity contribution in [3.63, 3.8) is 0 Å². The van der Waals surface area contributed by atoms with Gasteiger partial charge in [-0.15, -0.1) is 17.5 Å². The SMILES string of the molecule is CC(C)(C)c1[c-]c2c(cc1)-c1ccc(C(C)(C)C)cc1C2.[C-]1=CC=CC1.[Cl-].[Cl-].[Zr+2]=[C](C(c1ccccc1)c1ccccc1)C(c1ccccc1)c1ccccc1. The molecule has 0 aromatic heterocycles. The van der Waals surface area contributed by atoms with Crippen LogP contribution in [0.15, 0.2) is 170 Å². The molecule has 3 heteroatoms. The van der Waals surface area contributed by atoms with E-state index in [0.717, 1.165) is 12.8 Å². The van der Waals surface area contributed by atoms with E-state index in [1.165, 1.54) is 83.1 Å². The van der Waals surface area contributed by atoms with Gasteiger partial charge in [-0.25, -0.2) is 12.2 Å². The van der Waals surface area contributed by atoms with E-state index in [2.05, 4.69) is 211 Å². The fourth-order valence-corrected chi connectivity index (χ4v) is 8.86. The van der Waals surface area contributed by atoms with Gasteiger partial charge >= 0.3 is 183 Å². The average Bonchev–Trinajstić information content (AvgIpc) is 3.88. The molecule has 0 aliphatic heterocycles. The Morgan fingerprint density at radius 3 is 1.36 bits per heavy atom. The number of benzene rings is 6. The van der Waals surface area contributed by atoms with Crippen LogP contribution in [0.2, 0.25) is 0 Å². The number of allylic oxidation sites excluding steroid dienone is 4. The monoisotopic (exact) mass is 848 g/mol. The van der Waals surface area contributed by atoms with Gasteiger partial charge in [-0.3, -0.25) is 6.08 Å². The van der Waals surface area contributed by atoms with Crippen LogP contribution in [-0.4, -0.2) is 3.21 Å². The molecule has 6 aromatic carbocycles. The maximum atomic E-state index is 3.67. The van der Waals surface area contributed by atoms with Gasteiger partial charge < -0.3 is 24.8 Å². The van der Waals surface area contributed by atoms with Crippen LogP contribution in [0.4, 0.5) is 0 Å². The number of hydrogen-bond donors (Lipinski definition) is 0. The van der Waals surface area contributed by atoms with Crippen LogP contribution >= 0.6 is 0 Å². The minimum absolute atomic E-state index is 0. The van der Waals surface area contributed by atoms with E-state index in [-0.39, 0.29) is 47.5 Å². The van der Waals surface area contributed by atoms with E-state index in [4.69, 9.17) is 0 Å². The van der Waals surface area contributed by atoms with Crippen LogP contribution in [0.3, 0.4) is 0 Å². The third-order valence-electron chi connectivity index (χ3n) is 10.2.